The first-order valence-electron chi connectivity index (χ1n) is 7.82. The summed E-state index contributed by atoms with van der Waals surface area (Å²) < 4.78 is 11.5. The van der Waals surface area contributed by atoms with Gasteiger partial charge in [0.2, 0.25) is 0 Å². The molecule has 0 amide bonds. The third-order valence-corrected chi connectivity index (χ3v) is 4.04. The summed E-state index contributed by atoms with van der Waals surface area (Å²) in [4.78, 5) is 12.9. The molecule has 1 heterocycles. The van der Waals surface area contributed by atoms with Crippen molar-refractivity contribution in [2.24, 2.45) is 0 Å². The van der Waals surface area contributed by atoms with Crippen molar-refractivity contribution in [3.8, 4) is 11.5 Å². The average Bonchev–Trinajstić information content (AvgIpc) is 2.50. The van der Waals surface area contributed by atoms with E-state index in [4.69, 9.17) is 14.6 Å². The van der Waals surface area contributed by atoms with Crippen LogP contribution in [-0.2, 0) is 11.2 Å². The molecule has 0 saturated carbocycles. The maximum absolute atomic E-state index is 10.6. The lowest BCUT2D eigenvalue weighted by Crippen LogP contribution is -2.35. The van der Waals surface area contributed by atoms with Gasteiger partial charge in [0.05, 0.1) is 7.11 Å². The van der Waals surface area contributed by atoms with E-state index in [0.29, 0.717) is 6.42 Å². The molecule has 0 aliphatic carbocycles. The second kappa shape index (κ2) is 8.03. The van der Waals surface area contributed by atoms with Crippen molar-refractivity contribution in [3.05, 3.63) is 23.8 Å². The molecule has 5 heteroatoms. The van der Waals surface area contributed by atoms with Gasteiger partial charge in [0.1, 0.15) is 6.10 Å². The zero-order valence-corrected chi connectivity index (χ0v) is 13.4. The van der Waals surface area contributed by atoms with Crippen LogP contribution in [0.2, 0.25) is 0 Å². The highest BCUT2D eigenvalue weighted by molar-refractivity contribution is 5.66. The standard InChI is InChI=1S/C17H25NO4/c1-18-10-8-14(9-11-18)22-15-7-6-13(12-16(15)21-2)4-3-5-17(19)20/h6-7,12,14H,3-5,8-11H2,1-2H3,(H,19,20). The molecule has 0 radical (unpaired) electrons. The molecule has 1 fully saturated rings. The molecular weight excluding hydrogens is 282 g/mol. The first-order chi connectivity index (χ1) is 10.6. The van der Waals surface area contributed by atoms with E-state index in [-0.39, 0.29) is 12.5 Å². The van der Waals surface area contributed by atoms with Crippen molar-refractivity contribution in [1.82, 2.24) is 4.90 Å². The molecule has 0 atom stereocenters. The topological polar surface area (TPSA) is 59.0 Å². The fourth-order valence-electron chi connectivity index (χ4n) is 2.69. The molecule has 1 saturated heterocycles. The van der Waals surface area contributed by atoms with Gasteiger partial charge in [-0.3, -0.25) is 4.79 Å². The quantitative estimate of drug-likeness (QED) is 0.839. The molecular formula is C17H25NO4. The predicted octanol–water partition coefficient (Wildman–Crippen LogP) is 2.58. The van der Waals surface area contributed by atoms with E-state index in [1.54, 1.807) is 7.11 Å². The van der Waals surface area contributed by atoms with Crippen molar-refractivity contribution in [3.63, 3.8) is 0 Å². The summed E-state index contributed by atoms with van der Waals surface area (Å²) in [5.41, 5.74) is 1.08. The van der Waals surface area contributed by atoms with Gasteiger partial charge in [-0.1, -0.05) is 6.07 Å². The van der Waals surface area contributed by atoms with Gasteiger partial charge < -0.3 is 19.5 Å². The van der Waals surface area contributed by atoms with Crippen LogP contribution in [0.5, 0.6) is 11.5 Å². The number of likely N-dealkylation sites (tertiary alicyclic amines) is 1. The third kappa shape index (κ3) is 4.91. The number of hydrogen-bond donors (Lipinski definition) is 1. The minimum absolute atomic E-state index is 0.191. The maximum atomic E-state index is 10.6. The van der Waals surface area contributed by atoms with Gasteiger partial charge in [0.25, 0.3) is 0 Å². The lowest BCUT2D eigenvalue weighted by Gasteiger charge is -2.29. The molecule has 0 unspecified atom stereocenters. The molecule has 22 heavy (non-hydrogen) atoms. The molecule has 0 spiro atoms. The number of benzene rings is 1. The molecule has 1 aliphatic heterocycles. The Morgan fingerprint density at radius 2 is 2.05 bits per heavy atom. The highest BCUT2D eigenvalue weighted by Gasteiger charge is 2.19. The molecule has 2 rings (SSSR count). The molecule has 1 N–H and O–H groups in total. The first-order valence-corrected chi connectivity index (χ1v) is 7.82. The van der Waals surface area contributed by atoms with E-state index in [1.807, 2.05) is 18.2 Å². The molecule has 1 aromatic rings. The van der Waals surface area contributed by atoms with E-state index in [1.165, 1.54) is 0 Å². The van der Waals surface area contributed by atoms with E-state index in [0.717, 1.165) is 49.4 Å². The number of nitrogens with zero attached hydrogens (tertiary/aromatic N) is 1. The van der Waals surface area contributed by atoms with Crippen molar-refractivity contribution in [2.75, 3.05) is 27.2 Å². The number of ether oxygens (including phenoxy) is 2. The zero-order valence-electron chi connectivity index (χ0n) is 13.4. The van der Waals surface area contributed by atoms with Crippen LogP contribution in [0.1, 0.15) is 31.2 Å². The summed E-state index contributed by atoms with van der Waals surface area (Å²) in [6, 6.07) is 5.88. The van der Waals surface area contributed by atoms with E-state index < -0.39 is 5.97 Å². The van der Waals surface area contributed by atoms with Gasteiger partial charge >= 0.3 is 5.97 Å². The number of carbonyl (C=O) groups is 1. The van der Waals surface area contributed by atoms with E-state index >= 15 is 0 Å². The SMILES string of the molecule is COc1cc(CCCC(=O)O)ccc1OC1CCN(C)CC1. The van der Waals surface area contributed by atoms with Crippen molar-refractivity contribution in [1.29, 1.82) is 0 Å². The van der Waals surface area contributed by atoms with Crippen molar-refractivity contribution >= 4 is 5.97 Å². The molecule has 5 nitrogen and oxygen atoms in total. The van der Waals surface area contributed by atoms with Crippen LogP contribution in [-0.4, -0.2) is 49.3 Å². The smallest absolute Gasteiger partial charge is 0.303 e. The summed E-state index contributed by atoms with van der Waals surface area (Å²) in [7, 11) is 3.76. The van der Waals surface area contributed by atoms with Gasteiger partial charge in [-0.05, 0) is 50.4 Å². The number of piperidine rings is 1. The van der Waals surface area contributed by atoms with Crippen LogP contribution in [0.15, 0.2) is 18.2 Å². The number of aliphatic carboxylic acids is 1. The van der Waals surface area contributed by atoms with Crippen LogP contribution in [0.3, 0.4) is 0 Å². The van der Waals surface area contributed by atoms with Gasteiger partial charge in [-0.25, -0.2) is 0 Å². The van der Waals surface area contributed by atoms with Crippen LogP contribution in [0.4, 0.5) is 0 Å². The van der Waals surface area contributed by atoms with Crippen molar-refractivity contribution in [2.45, 2.75) is 38.2 Å². The molecule has 122 valence electrons. The zero-order chi connectivity index (χ0) is 15.9. The van der Waals surface area contributed by atoms with E-state index in [9.17, 15) is 4.79 Å². The largest absolute Gasteiger partial charge is 0.493 e. The Morgan fingerprint density at radius 1 is 1.32 bits per heavy atom. The first kappa shape index (κ1) is 16.6. The Hall–Kier alpha value is -1.75. The van der Waals surface area contributed by atoms with Crippen LogP contribution < -0.4 is 9.47 Å². The third-order valence-electron chi connectivity index (χ3n) is 4.04. The normalized spacial score (nSPS) is 16.5. The lowest BCUT2D eigenvalue weighted by molar-refractivity contribution is -0.137. The van der Waals surface area contributed by atoms with Crippen LogP contribution in [0.25, 0.3) is 0 Å². The number of aryl methyl sites for hydroxylation is 1. The second-order valence-electron chi connectivity index (χ2n) is 5.85. The predicted molar refractivity (Wildman–Crippen MR) is 84.7 cm³/mol. The fourth-order valence-corrected chi connectivity index (χ4v) is 2.69. The number of hydrogen-bond acceptors (Lipinski definition) is 4. The average molecular weight is 307 g/mol. The van der Waals surface area contributed by atoms with Crippen LogP contribution in [0, 0.1) is 0 Å². The molecule has 1 aliphatic rings. The summed E-state index contributed by atoms with van der Waals surface area (Å²) in [5, 5.41) is 8.69. The Balaban J connectivity index is 1.95. The van der Waals surface area contributed by atoms with Crippen LogP contribution >= 0.6 is 0 Å². The highest BCUT2D eigenvalue weighted by atomic mass is 16.5. The van der Waals surface area contributed by atoms with Gasteiger partial charge in [-0.2, -0.15) is 0 Å². The minimum Gasteiger partial charge on any atom is -0.493 e. The number of methoxy groups -OCH3 is 1. The van der Waals surface area contributed by atoms with E-state index in [2.05, 4.69) is 11.9 Å². The Labute approximate surface area is 131 Å². The molecule has 1 aromatic carbocycles. The maximum Gasteiger partial charge on any atom is 0.303 e. The minimum atomic E-state index is -0.755. The summed E-state index contributed by atoms with van der Waals surface area (Å²) in [6.45, 7) is 2.11. The number of rotatable bonds is 7. The summed E-state index contributed by atoms with van der Waals surface area (Å²) in [5.74, 6) is 0.750. The lowest BCUT2D eigenvalue weighted by atomic mass is 10.1. The van der Waals surface area contributed by atoms with Gasteiger partial charge in [0, 0.05) is 19.5 Å². The number of carboxylic acids is 1. The summed E-state index contributed by atoms with van der Waals surface area (Å²) >= 11 is 0. The Bertz CT molecular complexity index is 495. The molecule has 0 bridgehead atoms. The monoisotopic (exact) mass is 307 g/mol. The van der Waals surface area contributed by atoms with Crippen molar-refractivity contribution < 1.29 is 19.4 Å². The Morgan fingerprint density at radius 3 is 2.68 bits per heavy atom. The van der Waals surface area contributed by atoms with Gasteiger partial charge in [-0.15, -0.1) is 0 Å². The second-order valence-corrected chi connectivity index (χ2v) is 5.85. The van der Waals surface area contributed by atoms with Gasteiger partial charge in [0.15, 0.2) is 11.5 Å². The Kier molecular flexibility index (Phi) is 6.07. The fraction of sp³-hybridized carbons (Fsp3) is 0.588. The molecule has 0 aromatic heterocycles. The number of carboxylic acid groups (broad SMARTS) is 1. The summed E-state index contributed by atoms with van der Waals surface area (Å²) in [6.07, 6.45) is 3.85. The highest BCUT2D eigenvalue weighted by Crippen LogP contribution is 2.31.